The molecule has 0 spiro atoms. The monoisotopic (exact) mass is 866 g/mol. The molecule has 0 fully saturated rings. The molecular weight excluding hydrogens is 845 g/mol. The summed E-state index contributed by atoms with van der Waals surface area (Å²) in [5.41, 5.74) is 6.69. The lowest BCUT2D eigenvalue weighted by Crippen LogP contribution is -2.14. The molecule has 29 heteroatoms. The first kappa shape index (κ1) is 40.8. The third-order valence-corrected chi connectivity index (χ3v) is 12.0. The number of nitrogens with zero attached hydrogens (tertiary/aromatic N) is 3. The average Bonchev–Trinajstić information content (AvgIpc) is 3.04. The van der Waals surface area contributed by atoms with Crippen molar-refractivity contribution in [3.63, 3.8) is 0 Å². The smallest absolute Gasteiger partial charge is 0.296 e. The quantitative estimate of drug-likeness (QED) is 0.0259. The van der Waals surface area contributed by atoms with Gasteiger partial charge in [-0.2, -0.15) is 38.8 Å². The van der Waals surface area contributed by atoms with Crippen LogP contribution in [0.3, 0.4) is 0 Å². The van der Waals surface area contributed by atoms with Crippen molar-refractivity contribution in [3.8, 4) is 11.5 Å². The fourth-order valence-electron chi connectivity index (χ4n) is 5.32. The molecule has 1 aliphatic carbocycles. The SMILES string of the molecule is Nc1c(NNc2ccc3c(O)cc(S(=O)(=O)O)cc3c2S(=O)O)cc(S(=O)(=O)O)c2cc(S(=O)(=O)O)c(N=NC3=C(S(=O)(=O)O)C=C([N+](=O)[O-])CC3)c(O)c12. The molecule has 24 nitrogen and oxygen atoms in total. The Labute approximate surface area is 310 Å². The number of nitro groups is 1. The molecular formula is C26H22N6O18S5. The standard InChI is InChI=1S/C26H22N6O18S5/c27-23-17(30-29-16-4-2-12-13(26(16)51(37)38)6-11(7-18(12)33)52(39,40)41)9-19(53(42,43)44)14-8-21(55(48,49)50)24(25(34)22(14)23)31-28-15-3-1-10(32(35)36)5-20(15)54(45,46)47/h2,4-9,29-30,33-34H,1,3,27H2,(H,37,38)(H,39,40,41)(H,42,43,44)(H,45,46,47)(H,48,49,50). The molecule has 11 N–H and O–H groups in total. The molecule has 0 bridgehead atoms. The number of nitrogens with one attached hydrogen (secondary N) is 2. The molecule has 4 aromatic carbocycles. The predicted octanol–water partition coefficient (Wildman–Crippen LogP) is 2.88. The van der Waals surface area contributed by atoms with Crippen LogP contribution in [0, 0.1) is 10.1 Å². The molecule has 0 aromatic heterocycles. The summed E-state index contributed by atoms with van der Waals surface area (Å²) < 4.78 is 159. The summed E-state index contributed by atoms with van der Waals surface area (Å²) in [6.07, 6.45) is -0.600. The maximum Gasteiger partial charge on any atom is 0.296 e. The van der Waals surface area contributed by atoms with Gasteiger partial charge in [-0.15, -0.1) is 5.11 Å². The van der Waals surface area contributed by atoms with Gasteiger partial charge in [-0.25, -0.2) is 4.21 Å². The zero-order chi connectivity index (χ0) is 41.2. The van der Waals surface area contributed by atoms with Crippen molar-refractivity contribution in [1.82, 2.24) is 0 Å². The summed E-state index contributed by atoms with van der Waals surface area (Å²) >= 11 is -2.99. The molecule has 0 amide bonds. The lowest BCUT2D eigenvalue weighted by molar-refractivity contribution is -0.428. The molecule has 5 rings (SSSR count). The van der Waals surface area contributed by atoms with Crippen molar-refractivity contribution < 1.29 is 75.8 Å². The molecule has 0 heterocycles. The van der Waals surface area contributed by atoms with Gasteiger partial charge in [-0.05, 0) is 30.3 Å². The van der Waals surface area contributed by atoms with Crippen molar-refractivity contribution in [2.75, 3.05) is 16.6 Å². The molecule has 1 atom stereocenters. The van der Waals surface area contributed by atoms with Crippen LogP contribution in [0.4, 0.5) is 22.7 Å². The van der Waals surface area contributed by atoms with E-state index in [2.05, 4.69) is 21.1 Å². The number of nitrogens with two attached hydrogens (primary N) is 1. The number of benzene rings is 4. The van der Waals surface area contributed by atoms with Crippen molar-refractivity contribution in [3.05, 3.63) is 68.9 Å². The second-order valence-electron chi connectivity index (χ2n) is 11.1. The van der Waals surface area contributed by atoms with E-state index in [1.165, 1.54) is 0 Å². The van der Waals surface area contributed by atoms with Gasteiger partial charge in [0.1, 0.15) is 26.1 Å². The van der Waals surface area contributed by atoms with Gasteiger partial charge >= 0.3 is 0 Å². The van der Waals surface area contributed by atoms with Crippen molar-refractivity contribution in [2.45, 2.75) is 32.4 Å². The number of aromatic hydroxyl groups is 2. The fourth-order valence-corrected chi connectivity index (χ4v) is 8.59. The molecule has 1 unspecified atom stereocenters. The second kappa shape index (κ2) is 14.0. The highest BCUT2D eigenvalue weighted by Gasteiger charge is 2.31. The van der Waals surface area contributed by atoms with E-state index in [4.69, 9.17) is 5.73 Å². The Morgan fingerprint density at radius 2 is 1.38 bits per heavy atom. The summed E-state index contributed by atoms with van der Waals surface area (Å²) in [4.78, 5) is 5.06. The number of phenolic OH excluding ortho intramolecular Hbond substituents is 2. The van der Waals surface area contributed by atoms with Crippen molar-refractivity contribution in [2.24, 2.45) is 10.2 Å². The van der Waals surface area contributed by atoms with Gasteiger partial charge < -0.3 is 20.5 Å². The van der Waals surface area contributed by atoms with Crippen LogP contribution >= 0.6 is 0 Å². The minimum absolute atomic E-state index is 0.169. The van der Waals surface area contributed by atoms with E-state index in [0.29, 0.717) is 24.3 Å². The highest BCUT2D eigenvalue weighted by molar-refractivity contribution is 7.90. The summed E-state index contributed by atoms with van der Waals surface area (Å²) in [6, 6.07) is 4.59. The third-order valence-electron chi connectivity index (χ3n) is 7.72. The number of azo groups is 1. The lowest BCUT2D eigenvalue weighted by Gasteiger charge is -2.19. The number of rotatable bonds is 11. The van der Waals surface area contributed by atoms with Crippen LogP contribution in [0.25, 0.3) is 21.5 Å². The van der Waals surface area contributed by atoms with E-state index in [9.17, 15) is 81.0 Å². The van der Waals surface area contributed by atoms with Gasteiger partial charge in [-0.1, -0.05) is 0 Å². The lowest BCUT2D eigenvalue weighted by atomic mass is 10.0. The van der Waals surface area contributed by atoms with Crippen LogP contribution in [0.1, 0.15) is 12.8 Å². The number of hydrogen-bond acceptors (Lipinski definition) is 18. The van der Waals surface area contributed by atoms with Crippen molar-refractivity contribution >= 4 is 95.8 Å². The molecule has 55 heavy (non-hydrogen) atoms. The second-order valence-corrected chi connectivity index (χ2v) is 17.6. The van der Waals surface area contributed by atoms with Crippen LogP contribution < -0.4 is 16.6 Å². The summed E-state index contributed by atoms with van der Waals surface area (Å²) in [5.74, 6) is -2.10. The van der Waals surface area contributed by atoms with Crippen LogP contribution in [0.15, 0.2) is 88.6 Å². The van der Waals surface area contributed by atoms with Gasteiger partial charge in [0.25, 0.3) is 40.5 Å². The predicted molar refractivity (Wildman–Crippen MR) is 189 cm³/mol. The molecule has 1 aliphatic rings. The zero-order valence-electron chi connectivity index (χ0n) is 26.5. The Morgan fingerprint density at radius 1 is 0.764 bits per heavy atom. The Bertz CT molecular complexity index is 2960. The first-order chi connectivity index (χ1) is 25.2. The largest absolute Gasteiger partial charge is 0.507 e. The van der Waals surface area contributed by atoms with E-state index in [1.807, 2.05) is 0 Å². The van der Waals surface area contributed by atoms with Gasteiger partial charge in [0.05, 0.1) is 42.9 Å². The number of anilines is 3. The first-order valence-electron chi connectivity index (χ1n) is 14.2. The van der Waals surface area contributed by atoms with Crippen LogP contribution in [0.5, 0.6) is 11.5 Å². The van der Waals surface area contributed by atoms with E-state index in [1.54, 1.807) is 0 Å². The molecule has 0 radical (unpaired) electrons. The Hall–Kier alpha value is -5.37. The highest BCUT2D eigenvalue weighted by atomic mass is 32.2. The topological polar surface area (TPSA) is 413 Å². The summed E-state index contributed by atoms with van der Waals surface area (Å²) in [7, 11) is -21.1. The fraction of sp³-hybridized carbons (Fsp3) is 0.0769. The van der Waals surface area contributed by atoms with Crippen LogP contribution in [0.2, 0.25) is 0 Å². The zero-order valence-corrected chi connectivity index (χ0v) is 30.6. The maximum absolute atomic E-state index is 12.5. The maximum atomic E-state index is 12.5. The molecule has 4 aromatic rings. The average molecular weight is 867 g/mol. The first-order valence-corrected chi connectivity index (χ1v) is 21.0. The minimum atomic E-state index is -5.51. The number of phenols is 2. The van der Waals surface area contributed by atoms with E-state index < -0.39 is 145 Å². The van der Waals surface area contributed by atoms with Gasteiger partial charge in [0, 0.05) is 41.1 Å². The third kappa shape index (κ3) is 8.05. The molecule has 294 valence electrons. The number of hydrazine groups is 1. The van der Waals surface area contributed by atoms with Crippen molar-refractivity contribution in [1.29, 1.82) is 0 Å². The Balaban J connectivity index is 1.74. The normalized spacial score (nSPS) is 15.0. The highest BCUT2D eigenvalue weighted by Crippen LogP contribution is 2.48. The molecule has 0 aliphatic heterocycles. The number of fused-ring (bicyclic) bond motifs is 2. The van der Waals surface area contributed by atoms with E-state index in [0.717, 1.165) is 18.2 Å². The number of nitrogen functional groups attached to an aromatic ring is 1. The van der Waals surface area contributed by atoms with Crippen LogP contribution in [-0.4, -0.2) is 75.8 Å². The molecule has 0 saturated heterocycles. The molecule has 0 saturated carbocycles. The summed E-state index contributed by atoms with van der Waals surface area (Å²) in [5, 5.41) is 37.6. The van der Waals surface area contributed by atoms with E-state index in [-0.39, 0.29) is 16.5 Å². The Kier molecular flexibility index (Phi) is 10.4. The number of hydrogen-bond donors (Lipinski definition) is 10. The van der Waals surface area contributed by atoms with Crippen LogP contribution in [-0.2, 0) is 51.6 Å². The van der Waals surface area contributed by atoms with Gasteiger partial charge in [0.15, 0.2) is 16.8 Å². The van der Waals surface area contributed by atoms with Gasteiger partial charge in [0.2, 0.25) is 5.70 Å². The Morgan fingerprint density at radius 3 is 1.93 bits per heavy atom. The number of allylic oxidation sites excluding steroid dienone is 3. The van der Waals surface area contributed by atoms with E-state index >= 15 is 0 Å². The minimum Gasteiger partial charge on any atom is -0.507 e. The summed E-state index contributed by atoms with van der Waals surface area (Å²) in [6.45, 7) is 0. The van der Waals surface area contributed by atoms with Gasteiger partial charge in [-0.3, -0.25) is 39.2 Å².